The molecule has 2 atom stereocenters. The van der Waals surface area contributed by atoms with Crippen molar-refractivity contribution in [1.29, 1.82) is 0 Å². The number of likely N-dealkylation sites (tertiary alicyclic amines) is 1. The molecule has 1 saturated heterocycles. The molecule has 0 bridgehead atoms. The van der Waals surface area contributed by atoms with E-state index in [1.807, 2.05) is 51.1 Å². The van der Waals surface area contributed by atoms with E-state index in [-0.39, 0.29) is 42.0 Å². The van der Waals surface area contributed by atoms with E-state index in [2.05, 4.69) is 10.6 Å². The van der Waals surface area contributed by atoms with Crippen LogP contribution < -0.4 is 10.6 Å². The Labute approximate surface area is 161 Å². The van der Waals surface area contributed by atoms with Gasteiger partial charge < -0.3 is 15.5 Å². The Balaban J connectivity index is 1.78. The van der Waals surface area contributed by atoms with Gasteiger partial charge in [0.25, 0.3) is 0 Å². The van der Waals surface area contributed by atoms with Gasteiger partial charge in [-0.1, -0.05) is 44.2 Å². The molecule has 3 amide bonds. The minimum Gasteiger partial charge on any atom is -0.354 e. The van der Waals surface area contributed by atoms with Crippen molar-refractivity contribution >= 4 is 17.7 Å². The third-order valence-corrected chi connectivity index (χ3v) is 5.36. The molecule has 1 aromatic rings. The maximum Gasteiger partial charge on any atom is 0.225 e. The van der Waals surface area contributed by atoms with E-state index >= 15 is 0 Å². The Bertz CT molecular complexity index is 643. The lowest BCUT2D eigenvalue weighted by Gasteiger charge is -2.25. The highest BCUT2D eigenvalue weighted by atomic mass is 16.2. The van der Waals surface area contributed by atoms with Gasteiger partial charge in [0, 0.05) is 32.0 Å². The average molecular weight is 373 g/mol. The van der Waals surface area contributed by atoms with Crippen LogP contribution in [0.2, 0.25) is 0 Å². The number of nitrogens with zero attached hydrogens (tertiary/aromatic N) is 1. The van der Waals surface area contributed by atoms with Crippen LogP contribution in [0.4, 0.5) is 0 Å². The van der Waals surface area contributed by atoms with E-state index in [4.69, 9.17) is 0 Å². The molecule has 2 rings (SSSR count). The van der Waals surface area contributed by atoms with Gasteiger partial charge in [-0.25, -0.2) is 0 Å². The minimum atomic E-state index is -0.335. The van der Waals surface area contributed by atoms with Crippen LogP contribution in [0.25, 0.3) is 0 Å². The summed E-state index contributed by atoms with van der Waals surface area (Å²) >= 11 is 0. The lowest BCUT2D eigenvalue weighted by molar-refractivity contribution is -0.130. The second-order valence-corrected chi connectivity index (χ2v) is 7.13. The molecule has 2 N–H and O–H groups in total. The summed E-state index contributed by atoms with van der Waals surface area (Å²) in [6, 6.07) is 9.79. The van der Waals surface area contributed by atoms with E-state index < -0.39 is 0 Å². The standard InChI is InChI=1S/C21H31N3O3/c1-4-16(5-2)20(26)22-11-12-23-21(27)18-13-19(25)24(14-18)15(3)17-9-7-6-8-10-17/h6-10,15-16,18H,4-5,11-14H2,1-3H3,(H,22,26)(H,23,27). The molecule has 1 aliphatic heterocycles. The van der Waals surface area contributed by atoms with Crippen LogP contribution in [-0.2, 0) is 14.4 Å². The average Bonchev–Trinajstić information content (AvgIpc) is 3.08. The molecule has 6 heteroatoms. The number of carbonyl (C=O) groups excluding carboxylic acids is 3. The van der Waals surface area contributed by atoms with E-state index in [0.717, 1.165) is 18.4 Å². The van der Waals surface area contributed by atoms with Crippen molar-refractivity contribution in [2.75, 3.05) is 19.6 Å². The summed E-state index contributed by atoms with van der Waals surface area (Å²) in [5, 5.41) is 5.70. The first-order chi connectivity index (χ1) is 13.0. The maximum atomic E-state index is 12.4. The van der Waals surface area contributed by atoms with Crippen molar-refractivity contribution in [3.8, 4) is 0 Å². The fourth-order valence-electron chi connectivity index (χ4n) is 3.51. The molecule has 1 fully saturated rings. The molecule has 1 heterocycles. The third-order valence-electron chi connectivity index (χ3n) is 5.36. The Morgan fingerprint density at radius 2 is 1.74 bits per heavy atom. The van der Waals surface area contributed by atoms with Crippen molar-refractivity contribution in [3.63, 3.8) is 0 Å². The van der Waals surface area contributed by atoms with Gasteiger partial charge in [0.1, 0.15) is 0 Å². The van der Waals surface area contributed by atoms with Crippen molar-refractivity contribution in [2.24, 2.45) is 11.8 Å². The molecule has 0 aromatic heterocycles. The van der Waals surface area contributed by atoms with Gasteiger partial charge in [-0.15, -0.1) is 0 Å². The van der Waals surface area contributed by atoms with Gasteiger partial charge in [0.2, 0.25) is 17.7 Å². The smallest absolute Gasteiger partial charge is 0.225 e. The van der Waals surface area contributed by atoms with Crippen LogP contribution in [0.3, 0.4) is 0 Å². The highest BCUT2D eigenvalue weighted by molar-refractivity contribution is 5.89. The molecule has 148 valence electrons. The molecule has 1 aromatic carbocycles. The van der Waals surface area contributed by atoms with Crippen LogP contribution >= 0.6 is 0 Å². The fourth-order valence-corrected chi connectivity index (χ4v) is 3.51. The first kappa shape index (κ1) is 20.9. The highest BCUT2D eigenvalue weighted by Crippen LogP contribution is 2.28. The molecule has 2 unspecified atom stereocenters. The zero-order chi connectivity index (χ0) is 19.8. The zero-order valence-corrected chi connectivity index (χ0v) is 16.5. The zero-order valence-electron chi connectivity index (χ0n) is 16.5. The van der Waals surface area contributed by atoms with E-state index in [1.54, 1.807) is 4.90 Å². The van der Waals surface area contributed by atoms with Crippen molar-refractivity contribution < 1.29 is 14.4 Å². The summed E-state index contributed by atoms with van der Waals surface area (Å²) in [7, 11) is 0. The van der Waals surface area contributed by atoms with Crippen LogP contribution in [0.1, 0.15) is 51.6 Å². The highest BCUT2D eigenvalue weighted by Gasteiger charge is 2.36. The quantitative estimate of drug-likeness (QED) is 0.652. The van der Waals surface area contributed by atoms with Gasteiger partial charge in [0.15, 0.2) is 0 Å². The lowest BCUT2D eigenvalue weighted by atomic mass is 10.0. The molecule has 0 radical (unpaired) electrons. The largest absolute Gasteiger partial charge is 0.354 e. The summed E-state index contributed by atoms with van der Waals surface area (Å²) < 4.78 is 0. The first-order valence-corrected chi connectivity index (χ1v) is 9.87. The minimum absolute atomic E-state index is 0.00791. The molecule has 1 aliphatic rings. The molecule has 27 heavy (non-hydrogen) atoms. The molecule has 6 nitrogen and oxygen atoms in total. The van der Waals surface area contributed by atoms with Crippen molar-refractivity contribution in [2.45, 2.75) is 46.1 Å². The summed E-state index contributed by atoms with van der Waals surface area (Å²) in [4.78, 5) is 38.4. The molecule has 0 spiro atoms. The van der Waals surface area contributed by atoms with Gasteiger partial charge >= 0.3 is 0 Å². The van der Waals surface area contributed by atoms with Gasteiger partial charge in [-0.3, -0.25) is 14.4 Å². The summed E-state index contributed by atoms with van der Waals surface area (Å²) in [6.07, 6.45) is 1.87. The normalized spacial score (nSPS) is 17.9. The Kier molecular flexibility index (Phi) is 7.82. The number of carbonyl (C=O) groups is 3. The second kappa shape index (κ2) is 10.1. The lowest BCUT2D eigenvalue weighted by Crippen LogP contribution is -2.40. The van der Waals surface area contributed by atoms with Gasteiger partial charge in [-0.2, -0.15) is 0 Å². The van der Waals surface area contributed by atoms with Crippen LogP contribution in [0, 0.1) is 11.8 Å². The number of hydrogen-bond acceptors (Lipinski definition) is 3. The predicted octanol–water partition coefficient (Wildman–Crippen LogP) is 2.26. The molecule has 0 aliphatic carbocycles. The number of rotatable bonds is 9. The van der Waals surface area contributed by atoms with Crippen LogP contribution in [0.15, 0.2) is 30.3 Å². The SMILES string of the molecule is CCC(CC)C(=O)NCCNC(=O)C1CC(=O)N(C(C)c2ccccc2)C1. The number of amides is 3. The third kappa shape index (κ3) is 5.55. The first-order valence-electron chi connectivity index (χ1n) is 9.87. The van der Waals surface area contributed by atoms with Gasteiger partial charge in [-0.05, 0) is 25.3 Å². The van der Waals surface area contributed by atoms with E-state index in [9.17, 15) is 14.4 Å². The second-order valence-electron chi connectivity index (χ2n) is 7.13. The molecule has 0 saturated carbocycles. The van der Waals surface area contributed by atoms with Crippen LogP contribution in [-0.4, -0.2) is 42.3 Å². The predicted molar refractivity (Wildman–Crippen MR) is 105 cm³/mol. The van der Waals surface area contributed by atoms with Gasteiger partial charge in [0.05, 0.1) is 12.0 Å². The summed E-state index contributed by atoms with van der Waals surface area (Å²) in [5.41, 5.74) is 1.07. The Morgan fingerprint density at radius 1 is 1.11 bits per heavy atom. The summed E-state index contributed by atoms with van der Waals surface area (Å²) in [6.45, 7) is 7.20. The number of nitrogens with one attached hydrogen (secondary N) is 2. The monoisotopic (exact) mass is 373 g/mol. The Hall–Kier alpha value is -2.37. The van der Waals surface area contributed by atoms with Crippen molar-refractivity contribution in [1.82, 2.24) is 15.5 Å². The van der Waals surface area contributed by atoms with E-state index in [0.29, 0.717) is 19.6 Å². The molecular weight excluding hydrogens is 342 g/mol. The Morgan fingerprint density at radius 3 is 2.37 bits per heavy atom. The van der Waals surface area contributed by atoms with Crippen LogP contribution in [0.5, 0.6) is 0 Å². The number of benzene rings is 1. The topological polar surface area (TPSA) is 78.5 Å². The maximum absolute atomic E-state index is 12.4. The fraction of sp³-hybridized carbons (Fsp3) is 0.571. The summed E-state index contributed by atoms with van der Waals surface area (Å²) in [5.74, 6) is -0.385. The number of hydrogen-bond donors (Lipinski definition) is 2. The molecular formula is C21H31N3O3. The van der Waals surface area contributed by atoms with Crippen molar-refractivity contribution in [3.05, 3.63) is 35.9 Å². The van der Waals surface area contributed by atoms with E-state index in [1.165, 1.54) is 0 Å².